The summed E-state index contributed by atoms with van der Waals surface area (Å²) < 4.78 is 0. The number of carboxylic acids is 1. The number of carbonyl (C=O) groups is 1. The quantitative estimate of drug-likeness (QED) is 0.627. The fourth-order valence-corrected chi connectivity index (χ4v) is 1.97. The van der Waals surface area contributed by atoms with E-state index < -0.39 is 5.97 Å². The van der Waals surface area contributed by atoms with Gasteiger partial charge in [-0.25, -0.2) is 0 Å². The third-order valence-corrected chi connectivity index (χ3v) is 3.13. The van der Waals surface area contributed by atoms with Gasteiger partial charge in [-0.1, -0.05) is 52.9 Å². The Labute approximate surface area is 94.1 Å². The molecular formula is C13H26O2. The second-order valence-corrected chi connectivity index (χ2v) is 4.70. The van der Waals surface area contributed by atoms with Crippen LogP contribution in [0.5, 0.6) is 0 Å². The van der Waals surface area contributed by atoms with Crippen LogP contribution in [0.3, 0.4) is 0 Å². The van der Waals surface area contributed by atoms with Crippen molar-refractivity contribution in [2.24, 2.45) is 11.8 Å². The lowest BCUT2D eigenvalue weighted by Gasteiger charge is -2.16. The molecule has 0 saturated carbocycles. The molecule has 0 aromatic heterocycles. The van der Waals surface area contributed by atoms with Crippen LogP contribution in [0.1, 0.15) is 65.7 Å². The molecule has 0 aliphatic rings. The molecule has 0 aromatic carbocycles. The van der Waals surface area contributed by atoms with Crippen LogP contribution in [-0.4, -0.2) is 11.1 Å². The number of rotatable bonds is 9. The van der Waals surface area contributed by atoms with Gasteiger partial charge in [0.05, 0.1) is 0 Å². The first-order valence-electron chi connectivity index (χ1n) is 6.31. The van der Waals surface area contributed by atoms with Crippen LogP contribution in [-0.2, 0) is 4.79 Å². The molecular weight excluding hydrogens is 188 g/mol. The smallest absolute Gasteiger partial charge is 0.303 e. The maximum atomic E-state index is 10.5. The predicted molar refractivity (Wildman–Crippen MR) is 64.0 cm³/mol. The third-order valence-electron chi connectivity index (χ3n) is 3.13. The molecule has 0 fully saturated rings. The van der Waals surface area contributed by atoms with E-state index >= 15 is 0 Å². The van der Waals surface area contributed by atoms with Gasteiger partial charge in [0.15, 0.2) is 0 Å². The monoisotopic (exact) mass is 214 g/mol. The van der Waals surface area contributed by atoms with Crippen LogP contribution in [0.4, 0.5) is 0 Å². The van der Waals surface area contributed by atoms with Gasteiger partial charge in [-0.05, 0) is 18.3 Å². The van der Waals surface area contributed by atoms with E-state index in [-0.39, 0.29) is 0 Å². The van der Waals surface area contributed by atoms with Crippen LogP contribution in [0.15, 0.2) is 0 Å². The van der Waals surface area contributed by atoms with E-state index in [4.69, 9.17) is 5.11 Å². The Bertz CT molecular complexity index is 166. The minimum atomic E-state index is -0.663. The number of unbranched alkanes of at least 4 members (excludes halogenated alkanes) is 1. The predicted octanol–water partition coefficient (Wildman–Crippen LogP) is 4.09. The van der Waals surface area contributed by atoms with Gasteiger partial charge < -0.3 is 5.11 Å². The van der Waals surface area contributed by atoms with Gasteiger partial charge in [-0.3, -0.25) is 4.79 Å². The molecule has 0 amide bonds. The Morgan fingerprint density at radius 3 is 2.33 bits per heavy atom. The molecule has 0 rings (SSSR count). The van der Waals surface area contributed by atoms with Crippen molar-refractivity contribution >= 4 is 5.97 Å². The highest BCUT2D eigenvalue weighted by molar-refractivity contribution is 5.66. The van der Waals surface area contributed by atoms with Gasteiger partial charge in [-0.2, -0.15) is 0 Å². The van der Waals surface area contributed by atoms with Crippen molar-refractivity contribution in [3.05, 3.63) is 0 Å². The molecule has 0 radical (unpaired) electrons. The van der Waals surface area contributed by atoms with E-state index in [1.54, 1.807) is 0 Å². The zero-order valence-corrected chi connectivity index (χ0v) is 10.5. The second kappa shape index (κ2) is 8.75. The van der Waals surface area contributed by atoms with Crippen LogP contribution < -0.4 is 0 Å². The first kappa shape index (κ1) is 14.5. The normalized spacial score (nSPS) is 14.9. The molecule has 0 aromatic rings. The summed E-state index contributed by atoms with van der Waals surface area (Å²) >= 11 is 0. The fourth-order valence-electron chi connectivity index (χ4n) is 1.97. The van der Waals surface area contributed by atoms with Crippen molar-refractivity contribution in [1.82, 2.24) is 0 Å². The van der Waals surface area contributed by atoms with Crippen molar-refractivity contribution in [2.45, 2.75) is 65.7 Å². The summed E-state index contributed by atoms with van der Waals surface area (Å²) in [6.45, 7) is 6.50. The highest BCUT2D eigenvalue weighted by atomic mass is 16.4. The molecule has 0 bridgehead atoms. The molecule has 0 spiro atoms. The van der Waals surface area contributed by atoms with Gasteiger partial charge in [-0.15, -0.1) is 0 Å². The summed E-state index contributed by atoms with van der Waals surface area (Å²) in [6, 6.07) is 0. The van der Waals surface area contributed by atoms with Gasteiger partial charge in [0.2, 0.25) is 0 Å². The van der Waals surface area contributed by atoms with Gasteiger partial charge >= 0.3 is 5.97 Å². The largest absolute Gasteiger partial charge is 0.481 e. The summed E-state index contributed by atoms with van der Waals surface area (Å²) in [5, 5.41) is 8.65. The van der Waals surface area contributed by atoms with Crippen molar-refractivity contribution in [3.8, 4) is 0 Å². The van der Waals surface area contributed by atoms with E-state index in [1.165, 1.54) is 32.1 Å². The van der Waals surface area contributed by atoms with Crippen LogP contribution in [0.25, 0.3) is 0 Å². The van der Waals surface area contributed by atoms with Gasteiger partial charge in [0.25, 0.3) is 0 Å². The summed E-state index contributed by atoms with van der Waals surface area (Å²) in [5.41, 5.74) is 0. The van der Waals surface area contributed by atoms with E-state index in [9.17, 15) is 4.79 Å². The van der Waals surface area contributed by atoms with E-state index in [1.807, 2.05) is 6.92 Å². The zero-order valence-electron chi connectivity index (χ0n) is 10.5. The molecule has 2 atom stereocenters. The first-order valence-corrected chi connectivity index (χ1v) is 6.31. The molecule has 15 heavy (non-hydrogen) atoms. The minimum absolute atomic E-state index is 0.324. The molecule has 90 valence electrons. The summed E-state index contributed by atoms with van der Waals surface area (Å²) in [7, 11) is 0. The first-order chi connectivity index (χ1) is 7.10. The molecule has 0 heterocycles. The summed E-state index contributed by atoms with van der Waals surface area (Å²) in [6.07, 6.45) is 7.71. The number of aliphatic carboxylic acids is 1. The van der Waals surface area contributed by atoms with E-state index in [0.717, 1.165) is 12.3 Å². The van der Waals surface area contributed by atoms with Crippen molar-refractivity contribution in [3.63, 3.8) is 0 Å². The minimum Gasteiger partial charge on any atom is -0.481 e. The summed E-state index contributed by atoms with van der Waals surface area (Å²) in [4.78, 5) is 10.5. The van der Waals surface area contributed by atoms with Crippen LogP contribution in [0, 0.1) is 11.8 Å². The van der Waals surface area contributed by atoms with Gasteiger partial charge in [0, 0.05) is 6.42 Å². The fraction of sp³-hybridized carbons (Fsp3) is 0.923. The Hall–Kier alpha value is -0.530. The third kappa shape index (κ3) is 8.46. The average Bonchev–Trinajstić information content (AvgIpc) is 2.17. The van der Waals surface area contributed by atoms with Gasteiger partial charge in [0.1, 0.15) is 0 Å². The Morgan fingerprint density at radius 1 is 1.20 bits per heavy atom. The maximum absolute atomic E-state index is 10.5. The standard InChI is InChI=1S/C13H26O2/c1-4-6-7-12(5-2)9-8-11(3)10-13(14)15/h11-12H,4-10H2,1-3H3,(H,14,15). The summed E-state index contributed by atoms with van der Waals surface area (Å²) in [5.74, 6) is 0.475. The molecule has 0 aliphatic carbocycles. The Kier molecular flexibility index (Phi) is 8.44. The number of hydrogen-bond donors (Lipinski definition) is 1. The van der Waals surface area contributed by atoms with Crippen molar-refractivity contribution < 1.29 is 9.90 Å². The van der Waals surface area contributed by atoms with Crippen molar-refractivity contribution in [1.29, 1.82) is 0 Å². The number of hydrogen-bond acceptors (Lipinski definition) is 1. The lowest BCUT2D eigenvalue weighted by Crippen LogP contribution is -2.07. The molecule has 2 heteroatoms. The maximum Gasteiger partial charge on any atom is 0.303 e. The average molecular weight is 214 g/mol. The van der Waals surface area contributed by atoms with Crippen LogP contribution in [0.2, 0.25) is 0 Å². The lowest BCUT2D eigenvalue weighted by atomic mass is 9.90. The lowest BCUT2D eigenvalue weighted by molar-refractivity contribution is -0.138. The number of carboxylic acid groups (broad SMARTS) is 1. The zero-order chi connectivity index (χ0) is 11.7. The molecule has 2 nitrogen and oxygen atoms in total. The van der Waals surface area contributed by atoms with Crippen LogP contribution >= 0.6 is 0 Å². The molecule has 0 saturated heterocycles. The topological polar surface area (TPSA) is 37.3 Å². The van der Waals surface area contributed by atoms with Crippen molar-refractivity contribution in [2.75, 3.05) is 0 Å². The SMILES string of the molecule is CCCCC(CC)CCC(C)CC(=O)O. The molecule has 2 unspecified atom stereocenters. The van der Waals surface area contributed by atoms with E-state index in [0.29, 0.717) is 12.3 Å². The molecule has 0 aliphatic heterocycles. The molecule has 1 N–H and O–H groups in total. The Balaban J connectivity index is 3.64. The Morgan fingerprint density at radius 2 is 1.87 bits per heavy atom. The second-order valence-electron chi connectivity index (χ2n) is 4.70. The highest BCUT2D eigenvalue weighted by Gasteiger charge is 2.11. The highest BCUT2D eigenvalue weighted by Crippen LogP contribution is 2.22. The van der Waals surface area contributed by atoms with E-state index in [2.05, 4.69) is 13.8 Å².